The molecule has 2 rings (SSSR count). The quantitative estimate of drug-likeness (QED) is 0.836. The Balaban J connectivity index is 1.94. The molecule has 0 fully saturated rings. The maximum absolute atomic E-state index is 11.9. The van der Waals surface area contributed by atoms with E-state index in [4.69, 9.17) is 10.5 Å². The van der Waals surface area contributed by atoms with Crippen LogP contribution in [0, 0.1) is 0 Å². The molecule has 0 aliphatic rings. The standard InChI is InChI=1S/C15H15N3O3/c1-10(14(19)18-12-5-3-2-4-6-12)21-15(20)13-8-7-11(16)9-17-13/h2-10H,16H2,1H3,(H,18,19). The number of nitrogens with two attached hydrogens (primary N) is 1. The van der Waals surface area contributed by atoms with Gasteiger partial charge in [0, 0.05) is 5.69 Å². The Morgan fingerprint density at radius 1 is 1.19 bits per heavy atom. The van der Waals surface area contributed by atoms with Gasteiger partial charge in [-0.05, 0) is 31.2 Å². The van der Waals surface area contributed by atoms with Crippen molar-refractivity contribution in [3.8, 4) is 0 Å². The van der Waals surface area contributed by atoms with Crippen molar-refractivity contribution in [2.45, 2.75) is 13.0 Å². The fourth-order valence-corrected chi connectivity index (χ4v) is 1.57. The number of para-hydroxylation sites is 1. The molecule has 1 aromatic heterocycles. The zero-order chi connectivity index (χ0) is 15.2. The summed E-state index contributed by atoms with van der Waals surface area (Å²) >= 11 is 0. The Morgan fingerprint density at radius 3 is 2.52 bits per heavy atom. The predicted molar refractivity (Wildman–Crippen MR) is 78.6 cm³/mol. The second-order valence-electron chi connectivity index (χ2n) is 4.38. The van der Waals surface area contributed by atoms with Crippen LogP contribution in [-0.4, -0.2) is 23.0 Å². The van der Waals surface area contributed by atoms with Crippen molar-refractivity contribution in [3.63, 3.8) is 0 Å². The predicted octanol–water partition coefficient (Wildman–Crippen LogP) is 1.85. The van der Waals surface area contributed by atoms with Crippen LogP contribution in [0.4, 0.5) is 11.4 Å². The molecule has 1 unspecified atom stereocenters. The van der Waals surface area contributed by atoms with Crippen LogP contribution in [-0.2, 0) is 9.53 Å². The van der Waals surface area contributed by atoms with Gasteiger partial charge < -0.3 is 15.8 Å². The monoisotopic (exact) mass is 285 g/mol. The van der Waals surface area contributed by atoms with Crippen molar-refractivity contribution in [3.05, 3.63) is 54.4 Å². The van der Waals surface area contributed by atoms with Gasteiger partial charge in [0.1, 0.15) is 5.69 Å². The molecule has 21 heavy (non-hydrogen) atoms. The van der Waals surface area contributed by atoms with Crippen molar-refractivity contribution in [1.82, 2.24) is 4.98 Å². The van der Waals surface area contributed by atoms with Gasteiger partial charge in [0.25, 0.3) is 5.91 Å². The summed E-state index contributed by atoms with van der Waals surface area (Å²) in [4.78, 5) is 27.6. The largest absolute Gasteiger partial charge is 0.448 e. The highest BCUT2D eigenvalue weighted by Gasteiger charge is 2.19. The first kappa shape index (κ1) is 14.5. The van der Waals surface area contributed by atoms with Crippen LogP contribution in [0.2, 0.25) is 0 Å². The third-order valence-electron chi connectivity index (χ3n) is 2.69. The first-order chi connectivity index (χ1) is 10.1. The third-order valence-corrected chi connectivity index (χ3v) is 2.69. The lowest BCUT2D eigenvalue weighted by Crippen LogP contribution is -2.30. The van der Waals surface area contributed by atoms with E-state index in [9.17, 15) is 9.59 Å². The number of benzene rings is 1. The van der Waals surface area contributed by atoms with Gasteiger partial charge in [-0.3, -0.25) is 4.79 Å². The van der Waals surface area contributed by atoms with E-state index in [2.05, 4.69) is 10.3 Å². The number of esters is 1. The van der Waals surface area contributed by atoms with Crippen LogP contribution in [0.3, 0.4) is 0 Å². The highest BCUT2D eigenvalue weighted by molar-refractivity contribution is 5.96. The summed E-state index contributed by atoms with van der Waals surface area (Å²) in [6.07, 6.45) is 0.419. The molecule has 0 aliphatic heterocycles. The number of hydrogen-bond donors (Lipinski definition) is 2. The van der Waals surface area contributed by atoms with Crippen molar-refractivity contribution in [2.24, 2.45) is 0 Å². The Kier molecular flexibility index (Phi) is 4.50. The maximum atomic E-state index is 11.9. The number of hydrogen-bond acceptors (Lipinski definition) is 5. The summed E-state index contributed by atoms with van der Waals surface area (Å²) in [5, 5.41) is 2.65. The average Bonchev–Trinajstić information content (AvgIpc) is 2.48. The van der Waals surface area contributed by atoms with Crippen LogP contribution < -0.4 is 11.1 Å². The van der Waals surface area contributed by atoms with Gasteiger partial charge in [-0.25, -0.2) is 9.78 Å². The van der Waals surface area contributed by atoms with Gasteiger partial charge >= 0.3 is 5.97 Å². The van der Waals surface area contributed by atoms with Crippen LogP contribution in [0.5, 0.6) is 0 Å². The topological polar surface area (TPSA) is 94.3 Å². The number of carbonyl (C=O) groups excluding carboxylic acids is 2. The lowest BCUT2D eigenvalue weighted by Gasteiger charge is -2.13. The third kappa shape index (κ3) is 4.04. The molecule has 6 heteroatoms. The second-order valence-corrected chi connectivity index (χ2v) is 4.38. The van der Waals surface area contributed by atoms with Crippen LogP contribution in [0.15, 0.2) is 48.7 Å². The smallest absolute Gasteiger partial charge is 0.357 e. The molecule has 0 spiro atoms. The molecule has 1 heterocycles. The summed E-state index contributed by atoms with van der Waals surface area (Å²) < 4.78 is 5.06. The van der Waals surface area contributed by atoms with E-state index < -0.39 is 18.0 Å². The van der Waals surface area contributed by atoms with Crippen LogP contribution >= 0.6 is 0 Å². The average molecular weight is 285 g/mol. The molecule has 1 atom stereocenters. The van der Waals surface area contributed by atoms with Crippen molar-refractivity contribution >= 4 is 23.3 Å². The summed E-state index contributed by atoms with van der Waals surface area (Å²) in [5.41, 5.74) is 6.66. The normalized spacial score (nSPS) is 11.5. The van der Waals surface area contributed by atoms with E-state index in [0.29, 0.717) is 11.4 Å². The number of nitrogen functional groups attached to an aromatic ring is 1. The molecule has 3 N–H and O–H groups in total. The number of ether oxygens (including phenoxy) is 1. The number of aromatic nitrogens is 1. The van der Waals surface area contributed by atoms with Crippen LogP contribution in [0.25, 0.3) is 0 Å². The van der Waals surface area contributed by atoms with Gasteiger partial charge in [-0.15, -0.1) is 0 Å². The molecule has 0 bridgehead atoms. The minimum absolute atomic E-state index is 0.101. The fraction of sp³-hybridized carbons (Fsp3) is 0.133. The molecule has 1 amide bonds. The zero-order valence-corrected chi connectivity index (χ0v) is 11.4. The molecule has 0 radical (unpaired) electrons. The van der Waals surface area contributed by atoms with E-state index in [1.165, 1.54) is 25.3 Å². The molecule has 108 valence electrons. The molecular weight excluding hydrogens is 270 g/mol. The second kappa shape index (κ2) is 6.51. The summed E-state index contributed by atoms with van der Waals surface area (Å²) in [6.45, 7) is 1.49. The zero-order valence-electron chi connectivity index (χ0n) is 11.4. The number of carbonyl (C=O) groups is 2. The van der Waals surface area contributed by atoms with Crippen molar-refractivity contribution < 1.29 is 14.3 Å². The first-order valence-corrected chi connectivity index (χ1v) is 6.34. The fourth-order valence-electron chi connectivity index (χ4n) is 1.57. The van der Waals surface area contributed by atoms with Gasteiger partial charge in [-0.1, -0.05) is 18.2 Å². The van der Waals surface area contributed by atoms with Gasteiger partial charge in [0.05, 0.1) is 11.9 Å². The van der Waals surface area contributed by atoms with E-state index in [1.54, 1.807) is 24.3 Å². The van der Waals surface area contributed by atoms with Crippen LogP contribution in [0.1, 0.15) is 17.4 Å². The summed E-state index contributed by atoms with van der Waals surface area (Å²) in [7, 11) is 0. The number of amides is 1. The molecule has 2 aromatic rings. The Bertz CT molecular complexity index is 626. The molecule has 0 saturated carbocycles. The van der Waals surface area contributed by atoms with Crippen molar-refractivity contribution in [1.29, 1.82) is 0 Å². The molecular formula is C15H15N3O3. The van der Waals surface area contributed by atoms with Gasteiger partial charge in [0.2, 0.25) is 0 Å². The van der Waals surface area contributed by atoms with Crippen molar-refractivity contribution in [2.75, 3.05) is 11.1 Å². The Labute approximate surface area is 121 Å². The number of rotatable bonds is 4. The lowest BCUT2D eigenvalue weighted by molar-refractivity contribution is -0.123. The van der Waals surface area contributed by atoms with Gasteiger partial charge in [-0.2, -0.15) is 0 Å². The number of anilines is 2. The van der Waals surface area contributed by atoms with E-state index in [1.807, 2.05) is 6.07 Å². The number of nitrogens with zero attached hydrogens (tertiary/aromatic N) is 1. The van der Waals surface area contributed by atoms with E-state index >= 15 is 0 Å². The Morgan fingerprint density at radius 2 is 1.90 bits per heavy atom. The molecule has 6 nitrogen and oxygen atoms in total. The molecule has 0 saturated heterocycles. The maximum Gasteiger partial charge on any atom is 0.357 e. The van der Waals surface area contributed by atoms with Gasteiger partial charge in [0.15, 0.2) is 6.10 Å². The lowest BCUT2D eigenvalue weighted by atomic mass is 10.3. The summed E-state index contributed by atoms with van der Waals surface area (Å²) in [6, 6.07) is 11.9. The minimum Gasteiger partial charge on any atom is -0.448 e. The van der Waals surface area contributed by atoms with E-state index in [0.717, 1.165) is 0 Å². The Hall–Kier alpha value is -2.89. The first-order valence-electron chi connectivity index (χ1n) is 6.34. The minimum atomic E-state index is -0.933. The SMILES string of the molecule is CC(OC(=O)c1ccc(N)cn1)C(=O)Nc1ccccc1. The van der Waals surface area contributed by atoms with E-state index in [-0.39, 0.29) is 5.69 Å². The number of nitrogens with one attached hydrogen (secondary N) is 1. The highest BCUT2D eigenvalue weighted by atomic mass is 16.5. The summed E-state index contributed by atoms with van der Waals surface area (Å²) in [5.74, 6) is -1.09. The molecule has 1 aromatic carbocycles. The molecule has 0 aliphatic carbocycles. The number of pyridine rings is 1. The highest BCUT2D eigenvalue weighted by Crippen LogP contribution is 2.08.